The molecule has 0 aliphatic heterocycles. The summed E-state index contributed by atoms with van der Waals surface area (Å²) in [5.41, 5.74) is 0.923. The molecule has 0 aliphatic carbocycles. The molecule has 0 atom stereocenters. The third kappa shape index (κ3) is 3.93. The van der Waals surface area contributed by atoms with E-state index in [1.165, 1.54) is 4.88 Å². The van der Waals surface area contributed by atoms with E-state index in [4.69, 9.17) is 11.6 Å². The van der Waals surface area contributed by atoms with Crippen LogP contribution in [0.5, 0.6) is 0 Å². The van der Waals surface area contributed by atoms with Crippen LogP contribution in [-0.4, -0.2) is 23.5 Å². The number of pyridine rings is 1. The first-order valence-corrected chi connectivity index (χ1v) is 7.56. The Labute approximate surface area is 123 Å². The van der Waals surface area contributed by atoms with Gasteiger partial charge in [0.05, 0.1) is 10.7 Å². The van der Waals surface area contributed by atoms with Crippen LogP contribution in [0, 0.1) is 0 Å². The van der Waals surface area contributed by atoms with Crippen LogP contribution < -0.4 is 5.32 Å². The van der Waals surface area contributed by atoms with Gasteiger partial charge in [0.2, 0.25) is 0 Å². The fraction of sp³-hybridized carbons (Fsp3) is 0.357. The highest BCUT2D eigenvalue weighted by Crippen LogP contribution is 2.20. The number of aromatic nitrogens is 1. The molecule has 2 rings (SSSR count). The zero-order valence-electron chi connectivity index (χ0n) is 11.2. The number of anilines is 1. The van der Waals surface area contributed by atoms with Crippen molar-refractivity contribution in [3.05, 3.63) is 45.2 Å². The summed E-state index contributed by atoms with van der Waals surface area (Å²) in [6.07, 6.45) is 0. The van der Waals surface area contributed by atoms with Crippen molar-refractivity contribution in [1.82, 2.24) is 9.88 Å². The van der Waals surface area contributed by atoms with Gasteiger partial charge < -0.3 is 5.32 Å². The van der Waals surface area contributed by atoms with Gasteiger partial charge >= 0.3 is 0 Å². The molecule has 1 N–H and O–H groups in total. The normalized spacial score (nSPS) is 10.9. The monoisotopic (exact) mass is 295 g/mol. The second kappa shape index (κ2) is 6.89. The van der Waals surface area contributed by atoms with Crippen molar-refractivity contribution < 1.29 is 0 Å². The van der Waals surface area contributed by atoms with Crippen LogP contribution in [0.1, 0.15) is 17.5 Å². The summed E-state index contributed by atoms with van der Waals surface area (Å²) >= 11 is 8.00. The first-order valence-electron chi connectivity index (χ1n) is 6.30. The van der Waals surface area contributed by atoms with Gasteiger partial charge in [-0.25, -0.2) is 4.98 Å². The Morgan fingerprint density at radius 1 is 1.32 bits per heavy atom. The second-order valence-electron chi connectivity index (χ2n) is 4.26. The van der Waals surface area contributed by atoms with Gasteiger partial charge in [0.25, 0.3) is 0 Å². The van der Waals surface area contributed by atoms with Crippen molar-refractivity contribution in [2.75, 3.05) is 18.9 Å². The summed E-state index contributed by atoms with van der Waals surface area (Å²) in [6, 6.07) is 8.03. The summed E-state index contributed by atoms with van der Waals surface area (Å²) < 4.78 is 0. The van der Waals surface area contributed by atoms with Crippen LogP contribution in [0.25, 0.3) is 0 Å². The van der Waals surface area contributed by atoms with Crippen LogP contribution in [0.2, 0.25) is 5.02 Å². The molecule has 0 spiro atoms. The average Bonchev–Trinajstić information content (AvgIpc) is 2.93. The summed E-state index contributed by atoms with van der Waals surface area (Å²) in [7, 11) is 1.86. The summed E-state index contributed by atoms with van der Waals surface area (Å²) in [5, 5.41) is 5.88. The molecule has 102 valence electrons. The van der Waals surface area contributed by atoms with Gasteiger partial charge in [-0.15, -0.1) is 11.3 Å². The van der Waals surface area contributed by atoms with E-state index >= 15 is 0 Å². The first kappa shape index (κ1) is 14.3. The lowest BCUT2D eigenvalue weighted by Gasteiger charge is -2.20. The van der Waals surface area contributed by atoms with Crippen molar-refractivity contribution in [3.63, 3.8) is 0 Å². The Bertz CT molecular complexity index is 513. The largest absolute Gasteiger partial charge is 0.373 e. The zero-order chi connectivity index (χ0) is 13.7. The Morgan fingerprint density at radius 3 is 2.79 bits per heavy atom. The molecule has 19 heavy (non-hydrogen) atoms. The maximum Gasteiger partial charge on any atom is 0.126 e. The highest BCUT2D eigenvalue weighted by atomic mass is 35.5. The van der Waals surface area contributed by atoms with Crippen molar-refractivity contribution in [2.45, 2.75) is 20.0 Å². The van der Waals surface area contributed by atoms with Crippen molar-refractivity contribution in [3.8, 4) is 0 Å². The first-order chi connectivity index (χ1) is 9.22. The molecule has 0 aliphatic rings. The molecule has 0 saturated heterocycles. The van der Waals surface area contributed by atoms with E-state index in [1.54, 1.807) is 11.3 Å². The number of thiophene rings is 1. The third-order valence-electron chi connectivity index (χ3n) is 2.95. The smallest absolute Gasteiger partial charge is 0.126 e. The number of nitrogens with one attached hydrogen (secondary N) is 1. The van der Waals surface area contributed by atoms with Gasteiger partial charge in [-0.1, -0.05) is 24.6 Å². The third-order valence-corrected chi connectivity index (χ3v) is 4.16. The molecule has 0 saturated carbocycles. The second-order valence-corrected chi connectivity index (χ2v) is 5.70. The Kier molecular flexibility index (Phi) is 5.19. The molecule has 5 heteroatoms. The molecular weight excluding hydrogens is 278 g/mol. The lowest BCUT2D eigenvalue weighted by Crippen LogP contribution is -2.22. The number of hydrogen-bond acceptors (Lipinski definition) is 4. The van der Waals surface area contributed by atoms with Gasteiger partial charge in [0, 0.05) is 25.0 Å². The summed E-state index contributed by atoms with van der Waals surface area (Å²) in [6.45, 7) is 4.84. The van der Waals surface area contributed by atoms with E-state index in [-0.39, 0.29) is 0 Å². The molecule has 2 heterocycles. The van der Waals surface area contributed by atoms with Crippen LogP contribution in [0.3, 0.4) is 0 Å². The van der Waals surface area contributed by atoms with Crippen LogP contribution >= 0.6 is 22.9 Å². The van der Waals surface area contributed by atoms with E-state index in [1.807, 2.05) is 19.2 Å². The molecule has 0 amide bonds. The van der Waals surface area contributed by atoms with Gasteiger partial charge in [-0.3, -0.25) is 4.90 Å². The predicted molar refractivity (Wildman–Crippen MR) is 82.9 cm³/mol. The number of halogens is 1. The summed E-state index contributed by atoms with van der Waals surface area (Å²) in [5.74, 6) is 0.853. The average molecular weight is 296 g/mol. The quantitative estimate of drug-likeness (QED) is 0.877. The van der Waals surface area contributed by atoms with Crippen molar-refractivity contribution in [2.24, 2.45) is 0 Å². The molecule has 2 aromatic heterocycles. The highest BCUT2D eigenvalue weighted by molar-refractivity contribution is 7.09. The lowest BCUT2D eigenvalue weighted by molar-refractivity contribution is 0.271. The molecule has 0 fully saturated rings. The van der Waals surface area contributed by atoms with Gasteiger partial charge in [-0.05, 0) is 30.1 Å². The maximum absolute atomic E-state index is 6.22. The summed E-state index contributed by atoms with van der Waals surface area (Å²) in [4.78, 5) is 8.22. The zero-order valence-corrected chi connectivity index (χ0v) is 12.8. The van der Waals surface area contributed by atoms with Crippen molar-refractivity contribution in [1.29, 1.82) is 0 Å². The minimum Gasteiger partial charge on any atom is -0.373 e. The van der Waals surface area contributed by atoms with Crippen molar-refractivity contribution >= 4 is 28.8 Å². The number of hydrogen-bond donors (Lipinski definition) is 1. The van der Waals surface area contributed by atoms with Gasteiger partial charge in [0.15, 0.2) is 0 Å². The number of nitrogens with zero attached hydrogens (tertiary/aromatic N) is 2. The molecule has 3 nitrogen and oxygen atoms in total. The van der Waals surface area contributed by atoms with E-state index in [0.717, 1.165) is 36.2 Å². The predicted octanol–water partition coefficient (Wildman–Crippen LogP) is 3.86. The van der Waals surface area contributed by atoms with E-state index < -0.39 is 0 Å². The fourth-order valence-corrected chi connectivity index (χ4v) is 2.76. The fourth-order valence-electron chi connectivity index (χ4n) is 1.85. The molecule has 0 radical (unpaired) electrons. The molecule has 0 unspecified atom stereocenters. The van der Waals surface area contributed by atoms with Crippen LogP contribution in [-0.2, 0) is 13.1 Å². The topological polar surface area (TPSA) is 28.2 Å². The van der Waals surface area contributed by atoms with Crippen LogP contribution in [0.15, 0.2) is 29.6 Å². The lowest BCUT2D eigenvalue weighted by atomic mass is 10.3. The molecule has 2 aromatic rings. The van der Waals surface area contributed by atoms with E-state index in [0.29, 0.717) is 0 Å². The minimum absolute atomic E-state index is 0.726. The van der Waals surface area contributed by atoms with Gasteiger partial charge in [-0.2, -0.15) is 0 Å². The minimum atomic E-state index is 0.726. The maximum atomic E-state index is 6.22. The van der Waals surface area contributed by atoms with Crippen LogP contribution in [0.4, 0.5) is 5.82 Å². The molecular formula is C14H18ClN3S. The molecule has 0 aromatic carbocycles. The van der Waals surface area contributed by atoms with E-state index in [2.05, 4.69) is 39.6 Å². The highest BCUT2D eigenvalue weighted by Gasteiger charge is 2.10. The van der Waals surface area contributed by atoms with Gasteiger partial charge in [0.1, 0.15) is 5.82 Å². The Morgan fingerprint density at radius 2 is 2.16 bits per heavy atom. The number of rotatable bonds is 6. The van der Waals surface area contributed by atoms with E-state index in [9.17, 15) is 0 Å². The SMILES string of the molecule is CCN(Cc1cccs1)Cc1nc(NC)ccc1Cl. The Hall–Kier alpha value is -1.10. The Balaban J connectivity index is 2.09. The molecule has 0 bridgehead atoms. The standard InChI is InChI=1S/C14H18ClN3S/c1-3-18(9-11-5-4-8-19-11)10-13-12(15)6-7-14(16-2)17-13/h4-8H,3,9-10H2,1-2H3,(H,16,17).